The number of aromatic nitrogens is 1. The Hall–Kier alpha value is -3.53. The van der Waals surface area contributed by atoms with Crippen LogP contribution in [0.3, 0.4) is 0 Å². The van der Waals surface area contributed by atoms with Crippen LogP contribution in [0.4, 0.5) is 4.39 Å². The third-order valence-electron chi connectivity index (χ3n) is 4.30. The van der Waals surface area contributed by atoms with E-state index in [2.05, 4.69) is 10.3 Å². The molecular weight excluding hydrogens is 411 g/mol. The van der Waals surface area contributed by atoms with Crippen molar-refractivity contribution in [1.82, 2.24) is 10.3 Å². The van der Waals surface area contributed by atoms with E-state index >= 15 is 0 Å². The van der Waals surface area contributed by atoms with Crippen molar-refractivity contribution >= 4 is 23.7 Å². The summed E-state index contributed by atoms with van der Waals surface area (Å²) in [6.45, 7) is 7.40. The van der Waals surface area contributed by atoms with E-state index in [4.69, 9.17) is 24.5 Å². The van der Waals surface area contributed by atoms with Gasteiger partial charge in [-0.15, -0.1) is 0 Å². The number of Topliss-reactive ketones (excluding diaryl/α,β-unsaturated/α-hetero) is 1. The van der Waals surface area contributed by atoms with Gasteiger partial charge in [0.25, 0.3) is 0 Å². The normalized spacial score (nSPS) is 11.1. The fourth-order valence-corrected chi connectivity index (χ4v) is 2.72. The summed E-state index contributed by atoms with van der Waals surface area (Å²) in [6.07, 6.45) is 0. The second-order valence-electron chi connectivity index (χ2n) is 6.51. The Morgan fingerprint density at radius 3 is 2.23 bits per heavy atom. The number of carboxylic acids is 2. The van der Waals surface area contributed by atoms with Crippen LogP contribution in [0.1, 0.15) is 51.5 Å². The topological polar surface area (TPSA) is 146 Å². The molecule has 1 aromatic carbocycles. The molecule has 168 valence electrons. The highest BCUT2D eigenvalue weighted by molar-refractivity contribution is 6.27. The lowest BCUT2D eigenvalue weighted by Gasteiger charge is -2.13. The third kappa shape index (κ3) is 7.03. The van der Waals surface area contributed by atoms with Crippen LogP contribution in [-0.2, 0) is 20.9 Å². The van der Waals surface area contributed by atoms with Crippen molar-refractivity contribution in [2.45, 2.75) is 40.3 Å². The minimum atomic E-state index is -1.82. The maximum atomic E-state index is 13.7. The molecule has 1 atom stereocenters. The summed E-state index contributed by atoms with van der Waals surface area (Å²) in [5.41, 5.74) is 2.43. The quantitative estimate of drug-likeness (QED) is 0.294. The van der Waals surface area contributed by atoms with Crippen molar-refractivity contribution in [3.63, 3.8) is 0 Å². The summed E-state index contributed by atoms with van der Waals surface area (Å²) < 4.78 is 18.7. The molecule has 0 fully saturated rings. The largest absolute Gasteiger partial charge is 0.473 e. The number of aromatic amines is 1. The smallest absolute Gasteiger partial charge is 0.414 e. The summed E-state index contributed by atoms with van der Waals surface area (Å²) in [5.74, 6) is -4.59. The first-order valence-corrected chi connectivity index (χ1v) is 9.34. The number of ether oxygens (including phenoxy) is 1. The van der Waals surface area contributed by atoms with Gasteiger partial charge in [0, 0.05) is 17.8 Å². The molecule has 0 radical (unpaired) electrons. The van der Waals surface area contributed by atoms with Gasteiger partial charge in [0.15, 0.2) is 5.78 Å². The first-order valence-electron chi connectivity index (χ1n) is 9.34. The van der Waals surface area contributed by atoms with Crippen molar-refractivity contribution in [3.05, 3.63) is 58.2 Å². The predicted molar refractivity (Wildman–Crippen MR) is 109 cm³/mol. The molecule has 0 amide bonds. The van der Waals surface area contributed by atoms with E-state index < -0.39 is 23.9 Å². The standard InChI is InChI=1S/C19H23FN2O3.C2H2O4/c1-5-25-19(24)16-11(2)17(22-12(16)3)18(23)13(4)21-10-14-8-6-7-9-15(14)20;3-1(4)2(5)6/h6-9,13,21-22H,5,10H2,1-4H3;(H,3,4)(H,5,6). The number of hydrogen-bond acceptors (Lipinski definition) is 6. The highest BCUT2D eigenvalue weighted by Crippen LogP contribution is 2.20. The average Bonchev–Trinajstić information content (AvgIpc) is 3.01. The van der Waals surface area contributed by atoms with Crippen molar-refractivity contribution in [1.29, 1.82) is 0 Å². The number of halogens is 1. The van der Waals surface area contributed by atoms with E-state index in [1.807, 2.05) is 0 Å². The molecule has 0 aliphatic heterocycles. The van der Waals surface area contributed by atoms with Crippen LogP contribution < -0.4 is 5.32 Å². The molecular formula is C21H25FN2O7. The number of carbonyl (C=O) groups excluding carboxylic acids is 2. The minimum absolute atomic E-state index is 0.188. The average molecular weight is 436 g/mol. The number of ketones is 1. The van der Waals surface area contributed by atoms with Gasteiger partial charge in [0.05, 0.1) is 23.9 Å². The molecule has 0 saturated heterocycles. The van der Waals surface area contributed by atoms with Gasteiger partial charge < -0.3 is 25.3 Å². The van der Waals surface area contributed by atoms with Gasteiger partial charge in [-0.1, -0.05) is 18.2 Å². The van der Waals surface area contributed by atoms with Gasteiger partial charge >= 0.3 is 17.9 Å². The van der Waals surface area contributed by atoms with Crippen molar-refractivity contribution in [2.24, 2.45) is 0 Å². The molecule has 10 heteroatoms. The van der Waals surface area contributed by atoms with Crippen molar-refractivity contribution in [3.8, 4) is 0 Å². The Bertz CT molecular complexity index is 957. The van der Waals surface area contributed by atoms with Gasteiger partial charge in [0.2, 0.25) is 0 Å². The lowest BCUT2D eigenvalue weighted by Crippen LogP contribution is -2.34. The zero-order chi connectivity index (χ0) is 23.7. The van der Waals surface area contributed by atoms with E-state index in [9.17, 15) is 14.0 Å². The monoisotopic (exact) mass is 436 g/mol. The molecule has 9 nitrogen and oxygen atoms in total. The van der Waals surface area contributed by atoms with Crippen molar-refractivity contribution in [2.75, 3.05) is 6.61 Å². The number of rotatable bonds is 7. The first kappa shape index (κ1) is 25.5. The highest BCUT2D eigenvalue weighted by atomic mass is 19.1. The number of benzene rings is 1. The Balaban J connectivity index is 0.000000703. The lowest BCUT2D eigenvalue weighted by molar-refractivity contribution is -0.159. The number of aryl methyl sites for hydroxylation is 1. The highest BCUT2D eigenvalue weighted by Gasteiger charge is 2.25. The second kappa shape index (κ2) is 11.6. The van der Waals surface area contributed by atoms with E-state index in [-0.39, 0.29) is 24.8 Å². The molecule has 0 aliphatic rings. The zero-order valence-corrected chi connectivity index (χ0v) is 17.6. The maximum absolute atomic E-state index is 13.7. The molecule has 2 aromatic rings. The first-order chi connectivity index (χ1) is 14.5. The number of carboxylic acid groups (broad SMARTS) is 2. The summed E-state index contributed by atoms with van der Waals surface area (Å²) in [5, 5.41) is 17.8. The fourth-order valence-electron chi connectivity index (χ4n) is 2.72. The zero-order valence-electron chi connectivity index (χ0n) is 17.6. The van der Waals surface area contributed by atoms with Gasteiger partial charge in [-0.25, -0.2) is 18.8 Å². The molecule has 0 spiro atoms. The number of H-pyrrole nitrogens is 1. The molecule has 0 aliphatic carbocycles. The molecule has 1 heterocycles. The van der Waals surface area contributed by atoms with E-state index in [1.54, 1.807) is 45.9 Å². The van der Waals surface area contributed by atoms with Crippen LogP contribution >= 0.6 is 0 Å². The Morgan fingerprint density at radius 2 is 1.71 bits per heavy atom. The Morgan fingerprint density at radius 1 is 1.13 bits per heavy atom. The van der Waals surface area contributed by atoms with Gasteiger partial charge in [-0.2, -0.15) is 0 Å². The summed E-state index contributed by atoms with van der Waals surface area (Å²) in [6, 6.07) is 5.88. The number of nitrogens with one attached hydrogen (secondary N) is 2. The van der Waals surface area contributed by atoms with E-state index in [0.717, 1.165) is 0 Å². The maximum Gasteiger partial charge on any atom is 0.414 e. The van der Waals surface area contributed by atoms with Crippen LogP contribution in [0.2, 0.25) is 0 Å². The minimum Gasteiger partial charge on any atom is -0.473 e. The van der Waals surface area contributed by atoms with Gasteiger partial charge in [0.1, 0.15) is 5.82 Å². The van der Waals surface area contributed by atoms with Crippen LogP contribution in [0, 0.1) is 19.7 Å². The number of esters is 1. The van der Waals surface area contributed by atoms with Gasteiger partial charge in [-0.3, -0.25) is 4.79 Å². The van der Waals surface area contributed by atoms with Crippen LogP contribution in [0.15, 0.2) is 24.3 Å². The fraction of sp³-hybridized carbons (Fsp3) is 0.333. The van der Waals surface area contributed by atoms with Crippen LogP contribution in [-0.4, -0.2) is 51.5 Å². The number of aliphatic carboxylic acids is 2. The van der Waals surface area contributed by atoms with Gasteiger partial charge in [-0.05, 0) is 39.3 Å². The number of hydrogen-bond donors (Lipinski definition) is 4. The van der Waals surface area contributed by atoms with E-state index in [1.165, 1.54) is 6.07 Å². The second-order valence-corrected chi connectivity index (χ2v) is 6.51. The van der Waals surface area contributed by atoms with Crippen LogP contribution in [0.25, 0.3) is 0 Å². The van der Waals surface area contributed by atoms with Crippen molar-refractivity contribution < 1.29 is 38.5 Å². The molecule has 0 bridgehead atoms. The Kier molecular flexibility index (Phi) is 9.55. The molecule has 2 rings (SSSR count). The molecule has 4 N–H and O–H groups in total. The number of carbonyl (C=O) groups is 4. The van der Waals surface area contributed by atoms with E-state index in [0.29, 0.717) is 28.1 Å². The summed E-state index contributed by atoms with van der Waals surface area (Å²) in [4.78, 5) is 45.9. The summed E-state index contributed by atoms with van der Waals surface area (Å²) in [7, 11) is 0. The predicted octanol–water partition coefficient (Wildman–Crippen LogP) is 2.46. The molecule has 1 unspecified atom stereocenters. The molecule has 1 aromatic heterocycles. The summed E-state index contributed by atoms with van der Waals surface area (Å²) >= 11 is 0. The SMILES string of the molecule is CCOC(=O)c1c(C)[nH]c(C(=O)C(C)NCc2ccccc2F)c1C.O=C(O)C(=O)O. The lowest BCUT2D eigenvalue weighted by atomic mass is 10.0. The van der Waals surface area contributed by atoms with Crippen LogP contribution in [0.5, 0.6) is 0 Å². The Labute approximate surface area is 178 Å². The molecule has 0 saturated carbocycles. The molecule has 31 heavy (non-hydrogen) atoms. The third-order valence-corrected chi connectivity index (χ3v) is 4.30.